The van der Waals surface area contributed by atoms with E-state index in [1.54, 1.807) is 83.1 Å². The zero-order valence-corrected chi connectivity index (χ0v) is 52.5. The summed E-state index contributed by atoms with van der Waals surface area (Å²) < 4.78 is 177. The maximum atomic E-state index is 14.7. The van der Waals surface area contributed by atoms with Crippen molar-refractivity contribution in [3.63, 3.8) is 0 Å². The first-order valence-corrected chi connectivity index (χ1v) is 32.1. The smallest absolute Gasteiger partial charge is 0.241 e. The van der Waals surface area contributed by atoms with E-state index < -0.39 is 62.2 Å². The van der Waals surface area contributed by atoms with Gasteiger partial charge in [0.05, 0.1) is 46.0 Å². The molecule has 4 aromatic rings. The fourth-order valence-corrected chi connectivity index (χ4v) is 15.0. The van der Waals surface area contributed by atoms with E-state index in [2.05, 4.69) is 18.9 Å². The average Bonchev–Trinajstić information content (AvgIpc) is 3.28. The number of nitrogens with one attached hydrogen (secondary N) is 4. The standard InChI is InChI=1S/C56H84N4O16S4/c1-53(2,3)57-77(61,62)45-29-37-25-39-31-46(78(63,64)58-54(4,5)6)33-41(50(39)74-22-18-70-14)27-43-35-48(80(67,68)60-56(10,11)12)36-44(52(43)76-24-20-72-16)28-42-34-47(79(65,66)59-55(7,8)9)32-40(51(42)75-23-19-71-15)26-38(30-45)49(37)73-21-17-69-13/h29-36,57-60H,17-28H2,1-16H3. The van der Waals surface area contributed by atoms with E-state index in [4.69, 9.17) is 37.9 Å². The number of methoxy groups -OCH3 is 4. The first-order chi connectivity index (χ1) is 36.9. The summed E-state index contributed by atoms with van der Waals surface area (Å²) in [5, 5.41) is 0. The van der Waals surface area contributed by atoms with E-state index in [1.807, 2.05) is 0 Å². The lowest BCUT2D eigenvalue weighted by Gasteiger charge is -2.26. The van der Waals surface area contributed by atoms with Gasteiger partial charge in [-0.1, -0.05) is 0 Å². The van der Waals surface area contributed by atoms with Crippen LogP contribution in [0.3, 0.4) is 0 Å². The van der Waals surface area contributed by atoms with Gasteiger partial charge in [0, 0.05) is 121 Å². The molecule has 0 heterocycles. The summed E-state index contributed by atoms with van der Waals surface area (Å²) in [6.07, 6.45) is -0.884. The summed E-state index contributed by atoms with van der Waals surface area (Å²) in [5.41, 5.74) is -1.64. The maximum absolute atomic E-state index is 14.7. The molecule has 5 rings (SSSR count). The molecule has 4 aromatic carbocycles. The molecule has 80 heavy (non-hydrogen) atoms. The Bertz CT molecular complexity index is 2750. The summed E-state index contributed by atoms with van der Waals surface area (Å²) in [7, 11) is -11.4. The molecular formula is C56H84N4O16S4. The molecule has 0 atom stereocenters. The van der Waals surface area contributed by atoms with Crippen molar-refractivity contribution < 1.29 is 71.6 Å². The molecule has 0 amide bonds. The van der Waals surface area contributed by atoms with Crippen LogP contribution in [0, 0.1) is 0 Å². The fourth-order valence-electron chi connectivity index (χ4n) is 8.88. The normalized spacial score (nSPS) is 14.0. The van der Waals surface area contributed by atoms with Crippen molar-refractivity contribution in [1.82, 2.24) is 18.9 Å². The van der Waals surface area contributed by atoms with Gasteiger partial charge in [-0.15, -0.1) is 0 Å². The van der Waals surface area contributed by atoms with Crippen LogP contribution in [0.25, 0.3) is 0 Å². The van der Waals surface area contributed by atoms with Crippen molar-refractivity contribution in [1.29, 1.82) is 0 Å². The van der Waals surface area contributed by atoms with Gasteiger partial charge in [-0.2, -0.15) is 0 Å². The van der Waals surface area contributed by atoms with Gasteiger partial charge in [0.2, 0.25) is 40.1 Å². The second-order valence-corrected chi connectivity index (χ2v) is 30.5. The zero-order valence-electron chi connectivity index (χ0n) is 49.3. The lowest BCUT2D eigenvalue weighted by atomic mass is 9.91. The zero-order chi connectivity index (χ0) is 59.9. The van der Waals surface area contributed by atoms with Gasteiger partial charge in [-0.3, -0.25) is 0 Å². The number of ether oxygens (including phenoxy) is 8. The van der Waals surface area contributed by atoms with Crippen LogP contribution in [0.1, 0.15) is 128 Å². The molecular weight excluding hydrogens is 1110 g/mol. The summed E-state index contributed by atoms with van der Waals surface area (Å²) in [6, 6.07) is 11.6. The van der Waals surface area contributed by atoms with Gasteiger partial charge in [-0.25, -0.2) is 52.6 Å². The number of benzene rings is 4. The molecule has 0 radical (unpaired) electrons. The summed E-state index contributed by atoms with van der Waals surface area (Å²) in [4.78, 5) is -0.709. The molecule has 0 spiro atoms. The van der Waals surface area contributed by atoms with Crippen LogP contribution in [0.2, 0.25) is 0 Å². The van der Waals surface area contributed by atoms with Gasteiger partial charge in [0.1, 0.15) is 49.4 Å². The fraction of sp³-hybridized carbons (Fsp3) is 0.571. The van der Waals surface area contributed by atoms with Crippen molar-refractivity contribution in [2.45, 2.75) is 151 Å². The predicted molar refractivity (Wildman–Crippen MR) is 307 cm³/mol. The topological polar surface area (TPSA) is 259 Å². The largest absolute Gasteiger partial charge is 0.491 e. The first-order valence-electron chi connectivity index (χ1n) is 26.2. The molecule has 0 fully saturated rings. The van der Waals surface area contributed by atoms with E-state index in [0.717, 1.165) is 0 Å². The van der Waals surface area contributed by atoms with E-state index in [-0.39, 0.29) is 166 Å². The van der Waals surface area contributed by atoms with Crippen molar-refractivity contribution >= 4 is 40.1 Å². The third-order valence-electron chi connectivity index (χ3n) is 11.5. The van der Waals surface area contributed by atoms with E-state index in [0.29, 0.717) is 0 Å². The third kappa shape index (κ3) is 18.8. The van der Waals surface area contributed by atoms with E-state index in [9.17, 15) is 33.7 Å². The SMILES string of the molecule is COCCOc1c2cc(S(=O)(=O)NC(C)(C)C)cc1Cc1cc(S(=O)(=O)NC(C)(C)C)cc(c1OCCOC)Cc1cc(S(=O)(=O)NC(C)(C)C)cc(c1OCCOC)Cc1cc(S(=O)(=O)NC(C)(C)C)cc(c1OCCOC)C2. The van der Waals surface area contributed by atoms with Crippen molar-refractivity contribution in [3.05, 3.63) is 93.0 Å². The first kappa shape index (κ1) is 66.4. The van der Waals surface area contributed by atoms with E-state index >= 15 is 0 Å². The van der Waals surface area contributed by atoms with Crippen LogP contribution in [-0.2, 0) is 84.7 Å². The highest BCUT2D eigenvalue weighted by Gasteiger charge is 2.33. The minimum atomic E-state index is -4.36. The van der Waals surface area contributed by atoms with E-state index in [1.165, 1.54) is 77.0 Å². The van der Waals surface area contributed by atoms with Crippen molar-refractivity contribution in [3.8, 4) is 23.0 Å². The molecule has 24 heteroatoms. The minimum absolute atomic E-state index is 0.0304. The Kier molecular flexibility index (Phi) is 21.9. The van der Waals surface area contributed by atoms with Gasteiger partial charge < -0.3 is 37.9 Å². The Morgan fingerprint density at radius 2 is 0.450 bits per heavy atom. The van der Waals surface area contributed by atoms with Crippen LogP contribution in [0.5, 0.6) is 23.0 Å². The highest BCUT2D eigenvalue weighted by Crippen LogP contribution is 2.43. The summed E-state index contributed by atoms with van der Waals surface area (Å²) >= 11 is 0. The summed E-state index contributed by atoms with van der Waals surface area (Å²) in [5.74, 6) is 0.778. The molecule has 0 aromatic heterocycles. The van der Waals surface area contributed by atoms with Gasteiger partial charge in [0.15, 0.2) is 0 Å². The summed E-state index contributed by atoms with van der Waals surface area (Å²) in [6.45, 7) is 20.7. The highest BCUT2D eigenvalue weighted by molar-refractivity contribution is 7.90. The quantitative estimate of drug-likeness (QED) is 0.0465. The predicted octanol–water partition coefficient (Wildman–Crippen LogP) is 6.77. The number of fused-ring (bicyclic) bond motifs is 8. The Labute approximate surface area is 475 Å². The molecule has 1 aliphatic rings. The van der Waals surface area contributed by atoms with Gasteiger partial charge in [-0.05, 0) is 132 Å². The Balaban J connectivity index is 2.15. The Hall–Kier alpha value is -4.44. The molecule has 0 unspecified atom stereocenters. The molecule has 8 bridgehead atoms. The highest BCUT2D eigenvalue weighted by atomic mass is 32.2. The molecule has 0 saturated carbocycles. The molecule has 20 nitrogen and oxygen atoms in total. The molecule has 4 N–H and O–H groups in total. The van der Waals surface area contributed by atoms with Crippen LogP contribution in [-0.4, -0.2) is 137 Å². The minimum Gasteiger partial charge on any atom is -0.491 e. The van der Waals surface area contributed by atoms with Gasteiger partial charge >= 0.3 is 0 Å². The Morgan fingerprint density at radius 1 is 0.300 bits per heavy atom. The van der Waals surface area contributed by atoms with Gasteiger partial charge in [0.25, 0.3) is 0 Å². The maximum Gasteiger partial charge on any atom is 0.241 e. The lowest BCUT2D eigenvalue weighted by Crippen LogP contribution is -2.40. The van der Waals surface area contributed by atoms with Crippen molar-refractivity contribution in [2.24, 2.45) is 0 Å². The molecule has 1 aliphatic carbocycles. The molecule has 0 saturated heterocycles. The molecule has 0 aliphatic heterocycles. The second kappa shape index (κ2) is 26.4. The van der Waals surface area contributed by atoms with Crippen LogP contribution < -0.4 is 37.8 Å². The van der Waals surface area contributed by atoms with Crippen molar-refractivity contribution in [2.75, 3.05) is 81.3 Å². The monoisotopic (exact) mass is 1200 g/mol. The Morgan fingerprint density at radius 3 is 0.575 bits per heavy atom. The van der Waals surface area contributed by atoms with Crippen LogP contribution in [0.15, 0.2) is 68.1 Å². The number of sulfonamides is 4. The van der Waals surface area contributed by atoms with Crippen LogP contribution >= 0.6 is 0 Å². The number of rotatable bonds is 24. The third-order valence-corrected chi connectivity index (χ3v) is 18.5. The lowest BCUT2D eigenvalue weighted by molar-refractivity contribution is 0.144. The molecule has 448 valence electrons. The average molecular weight is 1200 g/mol. The number of hydrogen-bond acceptors (Lipinski definition) is 16. The van der Waals surface area contributed by atoms with Crippen LogP contribution in [0.4, 0.5) is 0 Å². The second-order valence-electron chi connectivity index (χ2n) is 23.8. The number of hydrogen-bond donors (Lipinski definition) is 4.